The molecule has 2 aromatic rings. The molecule has 26 nitrogen and oxygen atoms in total. The van der Waals surface area contributed by atoms with E-state index in [0.717, 1.165) is 23.8 Å². The number of aliphatic hydroxyl groups excluding tert-OH is 2. The van der Waals surface area contributed by atoms with Gasteiger partial charge in [-0.3, -0.25) is 38.4 Å². The van der Waals surface area contributed by atoms with Crippen LogP contribution in [-0.2, 0) is 63.8 Å². The Kier molecular flexibility index (Phi) is 28.3. The number of carbonyl (C=O) groups is 10. The first-order valence-electron chi connectivity index (χ1n) is 30.0. The maximum absolute atomic E-state index is 15.4. The second kappa shape index (κ2) is 34.2. The number of alkyl carbamates (subject to hydrolysis) is 1. The van der Waals surface area contributed by atoms with Crippen molar-refractivity contribution in [2.45, 2.75) is 187 Å². The molecule has 13 atom stereocenters. The third-order valence-electron chi connectivity index (χ3n) is 15.3. The summed E-state index contributed by atoms with van der Waals surface area (Å²) >= 11 is 0. The van der Waals surface area contributed by atoms with Gasteiger partial charge in [-0.1, -0.05) is 96.3 Å². The molecule has 26 heteroatoms. The topological polar surface area (TPSA) is 368 Å². The number of rotatable bonds is 18. The lowest BCUT2D eigenvalue weighted by atomic mass is 9.93. The smallest absolute Gasteiger partial charge is 0.407 e. The predicted octanol–water partition coefficient (Wildman–Crippen LogP) is 1.28. The highest BCUT2D eigenvalue weighted by molar-refractivity contribution is 5.98. The van der Waals surface area contributed by atoms with Gasteiger partial charge in [0, 0.05) is 32.6 Å². The summed E-state index contributed by atoms with van der Waals surface area (Å²) in [5.74, 6) is -11.4. The summed E-state index contributed by atoms with van der Waals surface area (Å²) in [5, 5.41) is 55.4. The molecule has 488 valence electrons. The number of likely N-dealkylation sites (N-methyl/N-ethyl adjacent to an activating group) is 1. The van der Waals surface area contributed by atoms with Crippen molar-refractivity contribution in [1.82, 2.24) is 47.4 Å². The van der Waals surface area contributed by atoms with Gasteiger partial charge in [0.2, 0.25) is 41.4 Å². The van der Waals surface area contributed by atoms with Crippen molar-refractivity contribution in [2.24, 2.45) is 17.8 Å². The van der Waals surface area contributed by atoms with E-state index in [0.29, 0.717) is 31.5 Å². The number of fused-ring (bicyclic) bond motifs is 11. The largest absolute Gasteiger partial charge is 0.487 e. The fraction of sp³-hybridized carbons (Fsp3) is 0.613. The molecule has 3 aliphatic rings. The van der Waals surface area contributed by atoms with Crippen LogP contribution in [-0.4, -0.2) is 185 Å². The Morgan fingerprint density at radius 1 is 0.795 bits per heavy atom. The second-order valence-corrected chi connectivity index (χ2v) is 24.0. The van der Waals surface area contributed by atoms with Crippen LogP contribution in [0.4, 0.5) is 4.79 Å². The molecule has 2 aromatic carbocycles. The Morgan fingerprint density at radius 2 is 1.42 bits per heavy atom. The molecule has 4 bridgehead atoms. The van der Waals surface area contributed by atoms with Crippen molar-refractivity contribution in [3.63, 3.8) is 0 Å². The number of unbranched alkanes of at least 4 members (excludes halogenated alkanes) is 3. The molecule has 5 rings (SSSR count). The van der Waals surface area contributed by atoms with Gasteiger partial charge in [-0.05, 0) is 102 Å². The van der Waals surface area contributed by atoms with Crippen molar-refractivity contribution in [2.75, 3.05) is 39.8 Å². The maximum Gasteiger partial charge on any atom is 0.407 e. The molecular weight excluding hydrogens is 1140 g/mol. The number of carbonyl (C=O) groups excluding carboxylic acids is 10. The lowest BCUT2D eigenvalue weighted by molar-refractivity contribution is -0.160. The molecule has 1 unspecified atom stereocenters. The highest BCUT2D eigenvalue weighted by Gasteiger charge is 2.42. The molecule has 1 saturated heterocycles. The number of benzene rings is 2. The van der Waals surface area contributed by atoms with Crippen molar-refractivity contribution >= 4 is 59.4 Å². The third-order valence-corrected chi connectivity index (χ3v) is 15.3. The summed E-state index contributed by atoms with van der Waals surface area (Å²) in [6.45, 7) is 16.3. The first-order valence-corrected chi connectivity index (χ1v) is 30.0. The van der Waals surface area contributed by atoms with Crippen molar-refractivity contribution < 1.29 is 82.2 Å². The summed E-state index contributed by atoms with van der Waals surface area (Å²) in [6.07, 6.45) is -1.04. The maximum atomic E-state index is 15.4. The fourth-order valence-electron chi connectivity index (χ4n) is 9.47. The fourth-order valence-corrected chi connectivity index (χ4v) is 9.47. The van der Waals surface area contributed by atoms with E-state index in [2.05, 4.69) is 42.5 Å². The zero-order valence-electron chi connectivity index (χ0n) is 52.6. The molecule has 0 saturated carbocycles. The minimum Gasteiger partial charge on any atom is -0.487 e. The Labute approximate surface area is 515 Å². The number of aliphatic hydroxyl groups is 3. The lowest BCUT2D eigenvalue weighted by Crippen LogP contribution is -2.61. The van der Waals surface area contributed by atoms with Crippen LogP contribution in [0.1, 0.15) is 125 Å². The molecular formula is C62H93N9O17. The molecule has 1 fully saturated rings. The Balaban J connectivity index is 1.89. The number of hydrogen-bond acceptors (Lipinski definition) is 18. The van der Waals surface area contributed by atoms with Gasteiger partial charge in [0.1, 0.15) is 72.5 Å². The minimum absolute atomic E-state index is 0.135. The van der Waals surface area contributed by atoms with Crippen LogP contribution in [0.25, 0.3) is 0 Å². The van der Waals surface area contributed by atoms with Gasteiger partial charge in [0.25, 0.3) is 0 Å². The molecule has 0 aromatic heterocycles. The average molecular weight is 1240 g/mol. The number of amides is 8. The number of cyclic esters (lactones) is 1. The van der Waals surface area contributed by atoms with E-state index in [-0.39, 0.29) is 30.7 Å². The predicted molar refractivity (Wildman–Crippen MR) is 322 cm³/mol. The van der Waals surface area contributed by atoms with Crippen molar-refractivity contribution in [1.29, 1.82) is 0 Å². The van der Waals surface area contributed by atoms with E-state index in [1.807, 2.05) is 0 Å². The van der Waals surface area contributed by atoms with Crippen molar-refractivity contribution in [3.8, 4) is 5.75 Å². The Morgan fingerprint density at radius 3 is 2.03 bits per heavy atom. The Bertz CT molecular complexity index is 2720. The first-order chi connectivity index (χ1) is 41.4. The SMILES string of the molecule is CC[C@H](C)[C@H]1NC(=O)[C@@H](NC(=O)[C@H](C)[C@H](O)C(C)C)[C@@H](C)OC(=O)[C@@H]2COC(=O)CNC(=O)/C=C/[C@](O)(CNCCCCCCNC(=O)OC(C)(C)C)[C@@H](C)Oc3ccc(cc3)[C@H](NC1=O)C(=O)N(C)C(Cc1ccccc1)C(=O)N[C@H]([C@@H](C)O)C(=O)N2. The summed E-state index contributed by atoms with van der Waals surface area (Å²) in [7, 11) is 1.30. The Hall–Kier alpha value is -7.68. The number of nitrogens with one attached hydrogen (secondary N) is 8. The minimum atomic E-state index is -1.99. The quantitative estimate of drug-likeness (QED) is 0.0569. The van der Waals surface area contributed by atoms with Gasteiger partial charge >= 0.3 is 18.0 Å². The van der Waals surface area contributed by atoms with Gasteiger partial charge in [0.15, 0.2) is 6.04 Å². The highest BCUT2D eigenvalue weighted by Crippen LogP contribution is 2.26. The van der Waals surface area contributed by atoms with Gasteiger partial charge < -0.3 is 81.7 Å². The molecule has 8 amide bonds. The van der Waals surface area contributed by atoms with Crippen LogP contribution < -0.4 is 47.3 Å². The molecule has 3 heterocycles. The zero-order valence-corrected chi connectivity index (χ0v) is 52.6. The molecule has 11 N–H and O–H groups in total. The van der Waals surface area contributed by atoms with E-state index < -0.39 is 162 Å². The van der Waals surface area contributed by atoms with Gasteiger partial charge in [-0.15, -0.1) is 0 Å². The average Bonchev–Trinajstić information content (AvgIpc) is 3.65. The highest BCUT2D eigenvalue weighted by atomic mass is 16.6. The third kappa shape index (κ3) is 22.5. The van der Waals surface area contributed by atoms with Gasteiger partial charge in [-0.2, -0.15) is 0 Å². The number of hydrogen-bond donors (Lipinski definition) is 11. The first kappa shape index (κ1) is 72.8. The van der Waals surface area contributed by atoms with E-state index >= 15 is 9.59 Å². The van der Waals surface area contributed by atoms with E-state index in [1.165, 1.54) is 58.2 Å². The molecule has 3 aliphatic heterocycles. The summed E-state index contributed by atoms with van der Waals surface area (Å²) in [6, 6.07) is 4.05. The number of esters is 2. The van der Waals surface area contributed by atoms with Gasteiger partial charge in [0.05, 0.1) is 18.1 Å². The standard InChI is InChI=1S/C62H93N9O17/c1-13-36(4)48-55(78)70-51-42-23-25-43(26-24-42)87-40(8)62(84,34-63-29-19-14-15-20-30-64-60(83)88-61(9,10)11)28-27-46(73)65-32-47(74)85-33-44(59(82)86-39(7)50(57(80)67-48)69-53(76)37(5)52(75)35(2)3)66-56(79)49(38(6)72)68-54(77)45(71(12)58(51)81)31-41-21-17-16-18-22-41/h16-18,21-28,35-40,44-45,48-52,63,72,75,84H,13-15,19-20,29-34H2,1-12H3,(H,64,83)(H,65,73)(H,66,79)(H,67,80)(H,68,77)(H,69,76)(H,70,78)/b28-27+/t36-,37+,38+,39+,40+,44-,45?,48+,49+,50-,51-,52+,62-/m0/s1. The molecule has 0 spiro atoms. The van der Waals surface area contributed by atoms with Crippen LogP contribution in [0.5, 0.6) is 5.75 Å². The van der Waals surface area contributed by atoms with E-state index in [1.54, 1.807) is 85.7 Å². The van der Waals surface area contributed by atoms with Crippen LogP contribution in [0.3, 0.4) is 0 Å². The normalized spacial score (nSPS) is 25.9. The second-order valence-electron chi connectivity index (χ2n) is 24.0. The summed E-state index contributed by atoms with van der Waals surface area (Å²) < 4.78 is 22.8. The van der Waals surface area contributed by atoms with Crippen molar-refractivity contribution in [3.05, 3.63) is 77.9 Å². The monoisotopic (exact) mass is 1240 g/mol. The summed E-state index contributed by atoms with van der Waals surface area (Å²) in [5.41, 5.74) is -1.86. The number of nitrogens with zero attached hydrogens (tertiary/aromatic N) is 1. The van der Waals surface area contributed by atoms with Crippen LogP contribution >= 0.6 is 0 Å². The van der Waals surface area contributed by atoms with Crippen LogP contribution in [0.2, 0.25) is 0 Å². The zero-order chi connectivity index (χ0) is 65.6. The van der Waals surface area contributed by atoms with Crippen LogP contribution in [0, 0.1) is 17.8 Å². The number of ether oxygens (including phenoxy) is 4. The van der Waals surface area contributed by atoms with Gasteiger partial charge in [-0.25, -0.2) is 9.59 Å². The lowest BCUT2D eigenvalue weighted by Gasteiger charge is -2.34. The molecule has 0 radical (unpaired) electrons. The van der Waals surface area contributed by atoms with Crippen LogP contribution in [0.15, 0.2) is 66.7 Å². The van der Waals surface area contributed by atoms with E-state index in [9.17, 15) is 53.7 Å². The van der Waals surface area contributed by atoms with E-state index in [4.69, 9.17) is 18.9 Å². The molecule has 88 heavy (non-hydrogen) atoms. The molecule has 0 aliphatic carbocycles. The summed E-state index contributed by atoms with van der Waals surface area (Å²) in [4.78, 5) is 142.